The fraction of sp³-hybridized carbons (Fsp3) is 0.524. The Labute approximate surface area is 173 Å². The number of anilines is 1. The van der Waals surface area contributed by atoms with Crippen LogP contribution in [0.1, 0.15) is 60.6 Å². The van der Waals surface area contributed by atoms with Crippen molar-refractivity contribution >= 4 is 11.7 Å². The number of ether oxygens (including phenoxy) is 1. The van der Waals surface area contributed by atoms with Crippen LogP contribution in [0.4, 0.5) is 19.0 Å². The maximum Gasteiger partial charge on any atom is 0.410 e. The van der Waals surface area contributed by atoms with E-state index in [1.165, 1.54) is 13.3 Å². The number of nitrogens with one attached hydrogen (secondary N) is 1. The number of alkyl halides is 3. The number of methoxy groups -OCH3 is 1. The predicted molar refractivity (Wildman–Crippen MR) is 106 cm³/mol. The van der Waals surface area contributed by atoms with Gasteiger partial charge in [-0.1, -0.05) is 12.1 Å². The summed E-state index contributed by atoms with van der Waals surface area (Å²) in [5.41, 5.74) is 0.853. The number of benzene rings is 1. The molecule has 0 saturated carbocycles. The van der Waals surface area contributed by atoms with Gasteiger partial charge in [0.1, 0.15) is 17.1 Å². The molecule has 4 rings (SSSR count). The van der Waals surface area contributed by atoms with Gasteiger partial charge in [0.25, 0.3) is 5.91 Å². The number of fused-ring (bicyclic) bond motifs is 1. The number of aromatic nitrogens is 2. The highest BCUT2D eigenvalue weighted by atomic mass is 19.4. The maximum atomic E-state index is 13.9. The lowest BCUT2D eigenvalue weighted by Gasteiger charge is -2.36. The Morgan fingerprint density at radius 3 is 2.80 bits per heavy atom. The van der Waals surface area contributed by atoms with Crippen LogP contribution in [0.5, 0.6) is 5.75 Å². The maximum absolute atomic E-state index is 13.9. The van der Waals surface area contributed by atoms with E-state index in [1.54, 1.807) is 29.2 Å². The predicted octanol–water partition coefficient (Wildman–Crippen LogP) is 4.57. The quantitative estimate of drug-likeness (QED) is 0.788. The van der Waals surface area contributed by atoms with E-state index in [9.17, 15) is 18.0 Å². The Morgan fingerprint density at radius 1 is 1.30 bits per heavy atom. The summed E-state index contributed by atoms with van der Waals surface area (Å²) >= 11 is 0. The minimum Gasteiger partial charge on any atom is -0.497 e. The fourth-order valence-electron chi connectivity index (χ4n) is 4.35. The third-order valence-electron chi connectivity index (χ3n) is 6.03. The number of nitrogens with zero attached hydrogens (tertiary/aromatic N) is 3. The number of hydrogen-bond donors (Lipinski definition) is 1. The third-order valence-corrected chi connectivity index (χ3v) is 6.03. The first kappa shape index (κ1) is 20.6. The molecule has 0 unspecified atom stereocenters. The molecule has 0 bridgehead atoms. The molecule has 0 spiro atoms. The zero-order valence-electron chi connectivity index (χ0n) is 16.9. The second kappa shape index (κ2) is 7.85. The molecule has 162 valence electrons. The van der Waals surface area contributed by atoms with Gasteiger partial charge in [0.05, 0.1) is 19.3 Å². The number of hydrogen-bond acceptors (Lipinski definition) is 4. The molecule has 0 aliphatic carbocycles. The lowest BCUT2D eigenvalue weighted by atomic mass is 9.96. The molecule has 3 atom stereocenters. The molecule has 2 aromatic rings. The molecule has 1 aromatic carbocycles. The summed E-state index contributed by atoms with van der Waals surface area (Å²) in [6.07, 6.45) is -0.620. The SMILES string of the molecule is COc1cccc([C@@H]2C[C@@H](C(F)(F)F)n3ncc(C(=O)N4CCCC[C@H]4C)c3N2)c1. The zero-order chi connectivity index (χ0) is 21.5. The number of amides is 1. The first-order valence-electron chi connectivity index (χ1n) is 10.1. The summed E-state index contributed by atoms with van der Waals surface area (Å²) in [6, 6.07) is 4.57. The molecule has 2 aliphatic heterocycles. The normalized spacial score (nSPS) is 24.2. The number of rotatable bonds is 3. The fourth-order valence-corrected chi connectivity index (χ4v) is 4.35. The first-order chi connectivity index (χ1) is 14.3. The van der Waals surface area contributed by atoms with Gasteiger partial charge in [0.15, 0.2) is 6.04 Å². The first-order valence-corrected chi connectivity index (χ1v) is 10.1. The largest absolute Gasteiger partial charge is 0.497 e. The van der Waals surface area contributed by atoms with E-state index in [4.69, 9.17) is 4.74 Å². The van der Waals surface area contributed by atoms with Gasteiger partial charge < -0.3 is 15.0 Å². The van der Waals surface area contributed by atoms with Crippen molar-refractivity contribution in [3.8, 4) is 5.75 Å². The van der Waals surface area contributed by atoms with Crippen molar-refractivity contribution < 1.29 is 22.7 Å². The van der Waals surface area contributed by atoms with E-state index in [-0.39, 0.29) is 29.8 Å². The zero-order valence-corrected chi connectivity index (χ0v) is 16.9. The molecular weight excluding hydrogens is 397 g/mol. The van der Waals surface area contributed by atoms with Crippen LogP contribution in [0.3, 0.4) is 0 Å². The van der Waals surface area contributed by atoms with Gasteiger partial charge in [-0.2, -0.15) is 18.3 Å². The standard InChI is InChI=1S/C21H25F3N4O2/c1-13-6-3-4-9-27(13)20(29)16-12-25-28-18(21(22,23)24)11-17(26-19(16)28)14-7-5-8-15(10-14)30-2/h5,7-8,10,12-13,17-18,26H,3-4,6,9,11H2,1-2H3/t13-,17+,18+/m1/s1. The van der Waals surface area contributed by atoms with E-state index >= 15 is 0 Å². The van der Waals surface area contributed by atoms with Crippen molar-refractivity contribution in [3.63, 3.8) is 0 Å². The summed E-state index contributed by atoms with van der Waals surface area (Å²) in [4.78, 5) is 14.9. The van der Waals surface area contributed by atoms with Gasteiger partial charge in [0, 0.05) is 19.0 Å². The number of carbonyl (C=O) groups is 1. The molecule has 1 aromatic heterocycles. The van der Waals surface area contributed by atoms with Crippen LogP contribution in [0.15, 0.2) is 30.5 Å². The van der Waals surface area contributed by atoms with Crippen LogP contribution >= 0.6 is 0 Å². The highest BCUT2D eigenvalue weighted by molar-refractivity contribution is 5.99. The van der Waals surface area contributed by atoms with Crippen molar-refractivity contribution in [2.45, 2.75) is 56.9 Å². The highest BCUT2D eigenvalue weighted by Crippen LogP contribution is 2.45. The molecule has 9 heteroatoms. The second-order valence-electron chi connectivity index (χ2n) is 7.96. The van der Waals surface area contributed by atoms with Crippen molar-refractivity contribution in [1.29, 1.82) is 0 Å². The van der Waals surface area contributed by atoms with E-state index in [2.05, 4.69) is 10.4 Å². The molecular formula is C21H25F3N4O2. The summed E-state index contributed by atoms with van der Waals surface area (Å²) < 4.78 is 47.8. The van der Waals surface area contributed by atoms with E-state index in [0.29, 0.717) is 17.9 Å². The van der Waals surface area contributed by atoms with Crippen molar-refractivity contribution in [2.75, 3.05) is 19.0 Å². The van der Waals surface area contributed by atoms with E-state index < -0.39 is 18.3 Å². The van der Waals surface area contributed by atoms with Gasteiger partial charge in [-0.3, -0.25) is 4.79 Å². The molecule has 30 heavy (non-hydrogen) atoms. The molecule has 0 radical (unpaired) electrons. The van der Waals surface area contributed by atoms with Gasteiger partial charge >= 0.3 is 6.18 Å². The Morgan fingerprint density at radius 2 is 2.10 bits per heavy atom. The lowest BCUT2D eigenvalue weighted by molar-refractivity contribution is -0.173. The third kappa shape index (κ3) is 3.73. The summed E-state index contributed by atoms with van der Waals surface area (Å²) in [5, 5.41) is 7.12. The number of likely N-dealkylation sites (tertiary alicyclic amines) is 1. The number of piperidine rings is 1. The molecule has 1 N–H and O–H groups in total. The molecule has 2 aliphatic rings. The van der Waals surface area contributed by atoms with Gasteiger partial charge in [-0.15, -0.1) is 0 Å². The molecule has 1 amide bonds. The minimum absolute atomic E-state index is 0.0537. The number of halogens is 3. The van der Waals surface area contributed by atoms with Gasteiger partial charge in [0.2, 0.25) is 0 Å². The topological polar surface area (TPSA) is 59.4 Å². The Balaban J connectivity index is 1.72. The van der Waals surface area contributed by atoms with Crippen LogP contribution in [0, 0.1) is 0 Å². The average molecular weight is 422 g/mol. The van der Waals surface area contributed by atoms with Crippen LogP contribution in [-0.2, 0) is 0 Å². The van der Waals surface area contributed by atoms with Gasteiger partial charge in [-0.25, -0.2) is 4.68 Å². The summed E-state index contributed by atoms with van der Waals surface area (Å²) in [5.74, 6) is 0.415. The Hall–Kier alpha value is -2.71. The Kier molecular flexibility index (Phi) is 5.38. The van der Waals surface area contributed by atoms with Crippen molar-refractivity contribution in [1.82, 2.24) is 14.7 Å². The van der Waals surface area contributed by atoms with E-state index in [0.717, 1.165) is 23.9 Å². The second-order valence-corrected chi connectivity index (χ2v) is 7.96. The summed E-state index contributed by atoms with van der Waals surface area (Å²) in [7, 11) is 1.51. The monoisotopic (exact) mass is 422 g/mol. The van der Waals surface area contributed by atoms with Crippen LogP contribution in [0.25, 0.3) is 0 Å². The summed E-state index contributed by atoms with van der Waals surface area (Å²) in [6.45, 7) is 2.57. The van der Waals surface area contributed by atoms with Crippen molar-refractivity contribution in [3.05, 3.63) is 41.6 Å². The molecule has 1 fully saturated rings. The number of carbonyl (C=O) groups excluding carboxylic acids is 1. The average Bonchev–Trinajstić information content (AvgIpc) is 3.16. The smallest absolute Gasteiger partial charge is 0.410 e. The molecule has 1 saturated heterocycles. The van der Waals surface area contributed by atoms with Crippen LogP contribution in [-0.4, -0.2) is 46.5 Å². The van der Waals surface area contributed by atoms with Crippen molar-refractivity contribution in [2.24, 2.45) is 0 Å². The van der Waals surface area contributed by atoms with Crippen LogP contribution in [0.2, 0.25) is 0 Å². The molecule has 3 heterocycles. The lowest BCUT2D eigenvalue weighted by Crippen LogP contribution is -2.42. The highest BCUT2D eigenvalue weighted by Gasteiger charge is 2.47. The Bertz CT molecular complexity index is 927. The van der Waals surface area contributed by atoms with E-state index in [1.807, 2.05) is 6.92 Å². The molecule has 6 nitrogen and oxygen atoms in total. The van der Waals surface area contributed by atoms with Gasteiger partial charge in [-0.05, 0) is 43.9 Å². The van der Waals surface area contributed by atoms with Crippen LogP contribution < -0.4 is 10.1 Å². The minimum atomic E-state index is -4.49.